The molecule has 136 valence electrons. The van der Waals surface area contributed by atoms with Crippen LogP contribution in [0.1, 0.15) is 38.9 Å². The molecule has 0 aliphatic heterocycles. The van der Waals surface area contributed by atoms with Gasteiger partial charge >= 0.3 is 0 Å². The Kier molecular flexibility index (Phi) is 5.44. The normalized spacial score (nSPS) is 11.9. The molecule has 4 aromatic rings. The highest BCUT2D eigenvalue weighted by Gasteiger charge is 2.32. The molecule has 0 amide bonds. The zero-order valence-corrected chi connectivity index (χ0v) is 15.6. The summed E-state index contributed by atoms with van der Waals surface area (Å²) >= 11 is 0. The average Bonchev–Trinajstić information content (AvgIpc) is 2.79. The van der Waals surface area contributed by atoms with Crippen LogP contribution in [0.25, 0.3) is 0 Å². The molecular weight excluding hydrogens is 340 g/mol. The van der Waals surface area contributed by atoms with Gasteiger partial charge in [-0.3, -0.25) is 4.79 Å². The summed E-state index contributed by atoms with van der Waals surface area (Å²) in [5.74, 6) is -0.213. The van der Waals surface area contributed by atoms with Crippen molar-refractivity contribution >= 4 is 5.78 Å². The highest BCUT2D eigenvalue weighted by Crippen LogP contribution is 2.40. The number of Topliss-reactive ketones (excluding diaryl/α,β-unsaturated/α-hetero) is 1. The summed E-state index contributed by atoms with van der Waals surface area (Å²) in [6.07, 6.45) is 0. The number of hydrogen-bond donors (Lipinski definition) is 0. The predicted molar refractivity (Wildman–Crippen MR) is 115 cm³/mol. The average molecular weight is 362 g/mol. The Morgan fingerprint density at radius 3 is 1.25 bits per heavy atom. The maximum atomic E-state index is 13.7. The van der Waals surface area contributed by atoms with Gasteiger partial charge in [0.15, 0.2) is 5.78 Å². The third kappa shape index (κ3) is 3.79. The molecule has 0 saturated heterocycles. The number of ketones is 1. The van der Waals surface area contributed by atoms with Crippen LogP contribution in [0.2, 0.25) is 0 Å². The van der Waals surface area contributed by atoms with Gasteiger partial charge < -0.3 is 0 Å². The lowest BCUT2D eigenvalue weighted by atomic mass is 9.74. The van der Waals surface area contributed by atoms with Crippen molar-refractivity contribution in [2.24, 2.45) is 0 Å². The highest BCUT2D eigenvalue weighted by atomic mass is 16.1. The number of carbonyl (C=O) groups excluding carboxylic acids is 1. The summed E-state index contributed by atoms with van der Waals surface area (Å²) < 4.78 is 0. The van der Waals surface area contributed by atoms with Gasteiger partial charge in [0.05, 0.1) is 5.92 Å². The van der Waals surface area contributed by atoms with Gasteiger partial charge in [0.25, 0.3) is 0 Å². The molecule has 0 aromatic heterocycles. The van der Waals surface area contributed by atoms with Gasteiger partial charge in [-0.05, 0) is 16.7 Å². The molecule has 4 aromatic carbocycles. The first-order valence-electron chi connectivity index (χ1n) is 9.58. The molecule has 0 fully saturated rings. The number of hydrogen-bond acceptors (Lipinski definition) is 1. The van der Waals surface area contributed by atoms with E-state index in [-0.39, 0.29) is 17.6 Å². The molecule has 0 radical (unpaired) electrons. The fourth-order valence-corrected chi connectivity index (χ4v) is 3.84. The lowest BCUT2D eigenvalue weighted by Gasteiger charge is -2.28. The topological polar surface area (TPSA) is 17.1 Å². The van der Waals surface area contributed by atoms with E-state index in [9.17, 15) is 4.79 Å². The molecule has 28 heavy (non-hydrogen) atoms. The summed E-state index contributed by atoms with van der Waals surface area (Å²) in [5.41, 5.74) is 4.07. The van der Waals surface area contributed by atoms with Gasteiger partial charge in [0, 0.05) is 11.5 Å². The van der Waals surface area contributed by atoms with Gasteiger partial charge in [-0.25, -0.2) is 0 Å². The van der Waals surface area contributed by atoms with Crippen molar-refractivity contribution in [3.63, 3.8) is 0 Å². The van der Waals surface area contributed by atoms with E-state index >= 15 is 0 Å². The molecule has 0 aliphatic rings. The SMILES string of the molecule is O=C(c1ccccc1)[C@@H](c1ccccc1)C(c1ccccc1)c1ccccc1. The van der Waals surface area contributed by atoms with E-state index in [4.69, 9.17) is 0 Å². The molecule has 0 spiro atoms. The van der Waals surface area contributed by atoms with E-state index in [1.165, 1.54) is 0 Å². The van der Waals surface area contributed by atoms with Crippen molar-refractivity contribution in [1.29, 1.82) is 0 Å². The van der Waals surface area contributed by atoms with Crippen molar-refractivity contribution in [1.82, 2.24) is 0 Å². The number of benzene rings is 4. The molecule has 0 aliphatic carbocycles. The summed E-state index contributed by atoms with van der Waals surface area (Å²) in [5, 5.41) is 0. The Balaban J connectivity index is 1.90. The fraction of sp³-hybridized carbons (Fsp3) is 0.0741. The van der Waals surface area contributed by atoms with Gasteiger partial charge in [-0.1, -0.05) is 121 Å². The van der Waals surface area contributed by atoms with Gasteiger partial charge in [0.2, 0.25) is 0 Å². The Bertz CT molecular complexity index is 969. The molecule has 1 nitrogen and oxygen atoms in total. The Morgan fingerprint density at radius 1 is 0.464 bits per heavy atom. The zero-order valence-electron chi connectivity index (χ0n) is 15.6. The van der Waals surface area contributed by atoms with Crippen molar-refractivity contribution in [2.75, 3.05) is 0 Å². The van der Waals surface area contributed by atoms with Gasteiger partial charge in [-0.15, -0.1) is 0 Å². The molecule has 1 atom stereocenters. The fourth-order valence-electron chi connectivity index (χ4n) is 3.84. The van der Waals surface area contributed by atoms with E-state index < -0.39 is 0 Å². The van der Waals surface area contributed by atoms with Crippen LogP contribution in [0, 0.1) is 0 Å². The molecule has 0 bridgehead atoms. The van der Waals surface area contributed by atoms with Crippen LogP contribution in [0.3, 0.4) is 0 Å². The predicted octanol–water partition coefficient (Wildman–Crippen LogP) is 6.49. The molecule has 0 saturated carbocycles. The summed E-state index contributed by atoms with van der Waals surface area (Å²) in [7, 11) is 0. The van der Waals surface area contributed by atoms with Crippen LogP contribution < -0.4 is 0 Å². The van der Waals surface area contributed by atoms with Crippen LogP contribution in [0.15, 0.2) is 121 Å². The minimum absolute atomic E-state index is 0.0579. The summed E-state index contributed by atoms with van der Waals surface area (Å²) in [6, 6.07) is 40.4. The minimum atomic E-state index is -0.298. The molecule has 0 N–H and O–H groups in total. The van der Waals surface area contributed by atoms with E-state index in [2.05, 4.69) is 36.4 Å². The van der Waals surface area contributed by atoms with Crippen molar-refractivity contribution in [3.05, 3.63) is 144 Å². The molecule has 4 rings (SSSR count). The van der Waals surface area contributed by atoms with Crippen LogP contribution in [-0.4, -0.2) is 5.78 Å². The van der Waals surface area contributed by atoms with Crippen molar-refractivity contribution < 1.29 is 4.79 Å². The quantitative estimate of drug-likeness (QED) is 0.359. The lowest BCUT2D eigenvalue weighted by molar-refractivity contribution is 0.0951. The Labute approximate surface area is 166 Å². The smallest absolute Gasteiger partial charge is 0.171 e. The second-order valence-electron chi connectivity index (χ2n) is 6.92. The Hall–Kier alpha value is -3.45. The van der Waals surface area contributed by atoms with Gasteiger partial charge in [0.1, 0.15) is 0 Å². The monoisotopic (exact) mass is 362 g/mol. The van der Waals surface area contributed by atoms with E-state index in [1.807, 2.05) is 84.9 Å². The van der Waals surface area contributed by atoms with Crippen LogP contribution in [0.5, 0.6) is 0 Å². The Morgan fingerprint density at radius 2 is 0.821 bits per heavy atom. The number of rotatable bonds is 6. The van der Waals surface area contributed by atoms with E-state index in [1.54, 1.807) is 0 Å². The van der Waals surface area contributed by atoms with Gasteiger partial charge in [-0.2, -0.15) is 0 Å². The first-order chi connectivity index (χ1) is 13.8. The third-order valence-corrected chi connectivity index (χ3v) is 5.15. The minimum Gasteiger partial charge on any atom is -0.293 e. The first-order valence-corrected chi connectivity index (χ1v) is 9.58. The zero-order chi connectivity index (χ0) is 19.2. The second kappa shape index (κ2) is 8.49. The second-order valence-corrected chi connectivity index (χ2v) is 6.92. The number of carbonyl (C=O) groups is 1. The molecule has 1 heteroatoms. The highest BCUT2D eigenvalue weighted by molar-refractivity contribution is 6.02. The van der Waals surface area contributed by atoms with Crippen LogP contribution in [0.4, 0.5) is 0 Å². The maximum Gasteiger partial charge on any atom is 0.171 e. The molecular formula is C27H22O. The first kappa shape index (κ1) is 17.9. The summed E-state index contributed by atoms with van der Waals surface area (Å²) in [6.45, 7) is 0. The lowest BCUT2D eigenvalue weighted by Crippen LogP contribution is -2.22. The molecule has 0 unspecified atom stereocenters. The van der Waals surface area contributed by atoms with Crippen LogP contribution >= 0.6 is 0 Å². The maximum absolute atomic E-state index is 13.7. The van der Waals surface area contributed by atoms with Crippen molar-refractivity contribution in [3.8, 4) is 0 Å². The third-order valence-electron chi connectivity index (χ3n) is 5.15. The van der Waals surface area contributed by atoms with Crippen molar-refractivity contribution in [2.45, 2.75) is 11.8 Å². The largest absolute Gasteiger partial charge is 0.293 e. The van der Waals surface area contributed by atoms with E-state index in [0.29, 0.717) is 0 Å². The summed E-state index contributed by atoms with van der Waals surface area (Å²) in [4.78, 5) is 13.7. The standard InChI is InChI=1S/C27H22O/c28-27(24-19-11-4-12-20-24)26(23-17-9-3-10-18-23)25(21-13-5-1-6-14-21)22-15-7-2-8-16-22/h1-20,25-26H/t26-/m0/s1. The van der Waals surface area contributed by atoms with Crippen LogP contribution in [-0.2, 0) is 0 Å². The van der Waals surface area contributed by atoms with E-state index in [0.717, 1.165) is 22.3 Å². The molecule has 0 heterocycles.